The molecular weight excluding hydrogens is 366 g/mol. The van der Waals surface area contributed by atoms with Crippen LogP contribution in [0.1, 0.15) is 40.4 Å². The number of nitrogens with one attached hydrogen (secondary N) is 1. The van der Waals surface area contributed by atoms with Crippen LogP contribution in [-0.4, -0.2) is 30.2 Å². The summed E-state index contributed by atoms with van der Waals surface area (Å²) in [5.74, 6) is -0.178. The second kappa shape index (κ2) is 7.84. The molecule has 29 heavy (non-hydrogen) atoms. The zero-order valence-electron chi connectivity index (χ0n) is 16.3. The van der Waals surface area contributed by atoms with Gasteiger partial charge in [-0.15, -0.1) is 0 Å². The van der Waals surface area contributed by atoms with Gasteiger partial charge in [-0.3, -0.25) is 9.59 Å². The van der Waals surface area contributed by atoms with Crippen LogP contribution in [0.25, 0.3) is 0 Å². The molecule has 0 bridgehead atoms. The van der Waals surface area contributed by atoms with Crippen molar-refractivity contribution in [2.75, 3.05) is 13.2 Å². The zero-order valence-corrected chi connectivity index (χ0v) is 16.3. The van der Waals surface area contributed by atoms with Gasteiger partial charge in [-0.1, -0.05) is 54.6 Å². The fraction of sp³-hybridized carbons (Fsp3) is 0.333. The summed E-state index contributed by atoms with van der Waals surface area (Å²) in [4.78, 5) is 25.1. The average molecular weight is 391 g/mol. The van der Waals surface area contributed by atoms with Gasteiger partial charge in [-0.25, -0.2) is 0 Å². The van der Waals surface area contributed by atoms with Gasteiger partial charge in [0, 0.05) is 11.5 Å². The Morgan fingerprint density at radius 1 is 1.21 bits per heavy atom. The van der Waals surface area contributed by atoms with Crippen molar-refractivity contribution in [3.8, 4) is 0 Å². The Bertz CT molecular complexity index is 922. The van der Waals surface area contributed by atoms with Gasteiger partial charge < -0.3 is 15.2 Å². The summed E-state index contributed by atoms with van der Waals surface area (Å²) in [7, 11) is 0. The number of hydrogen-bond donors (Lipinski definition) is 2. The van der Waals surface area contributed by atoms with E-state index in [0.29, 0.717) is 25.0 Å². The third-order valence-corrected chi connectivity index (χ3v) is 6.13. The zero-order chi connectivity index (χ0) is 20.4. The van der Waals surface area contributed by atoms with Crippen molar-refractivity contribution in [3.63, 3.8) is 0 Å². The van der Waals surface area contributed by atoms with E-state index in [4.69, 9.17) is 4.74 Å². The van der Waals surface area contributed by atoms with Gasteiger partial charge in [0.2, 0.25) is 0 Å². The van der Waals surface area contributed by atoms with Gasteiger partial charge in [0.25, 0.3) is 5.91 Å². The van der Waals surface area contributed by atoms with Crippen molar-refractivity contribution in [2.45, 2.75) is 25.3 Å². The molecule has 2 N–H and O–H groups in total. The number of amides is 1. The van der Waals surface area contributed by atoms with Crippen molar-refractivity contribution >= 4 is 11.9 Å². The molecule has 1 saturated carbocycles. The maximum Gasteiger partial charge on any atom is 0.313 e. The van der Waals surface area contributed by atoms with Crippen LogP contribution < -0.4 is 5.32 Å². The van der Waals surface area contributed by atoms with E-state index in [1.165, 1.54) is 0 Å². The highest BCUT2D eigenvalue weighted by Crippen LogP contribution is 2.52. The largest absolute Gasteiger partial charge is 0.465 e. The Labute approximate surface area is 170 Å². The summed E-state index contributed by atoms with van der Waals surface area (Å²) in [6, 6.07) is 16.2. The smallest absolute Gasteiger partial charge is 0.313 e. The highest BCUT2D eigenvalue weighted by Gasteiger charge is 2.55. The fourth-order valence-corrected chi connectivity index (χ4v) is 4.56. The van der Waals surface area contributed by atoms with Crippen LogP contribution in [0.3, 0.4) is 0 Å². The van der Waals surface area contributed by atoms with Crippen molar-refractivity contribution in [1.29, 1.82) is 0 Å². The standard InChI is InChI=1S/C24H25NO4/c1-16-11-20-15-29-23(28)24(20,12-16)13-17-7-9-19(10-8-17)22(27)25-21(14-26)18-5-3-2-4-6-18/h2-10,20-21,26H,1,11-15H2,(H,25,27). The first-order valence-corrected chi connectivity index (χ1v) is 9.91. The number of aliphatic hydroxyl groups excluding tert-OH is 1. The second-order valence-corrected chi connectivity index (χ2v) is 8.08. The van der Waals surface area contributed by atoms with Crippen LogP contribution in [0.5, 0.6) is 0 Å². The second-order valence-electron chi connectivity index (χ2n) is 8.08. The molecular formula is C24H25NO4. The minimum absolute atomic E-state index is 0.128. The lowest BCUT2D eigenvalue weighted by molar-refractivity contribution is -0.146. The van der Waals surface area contributed by atoms with Gasteiger partial charge >= 0.3 is 5.97 Å². The van der Waals surface area contributed by atoms with Gasteiger partial charge in [0.05, 0.1) is 24.7 Å². The number of aliphatic hydroxyl groups is 1. The van der Waals surface area contributed by atoms with E-state index in [1.807, 2.05) is 42.5 Å². The Hall–Kier alpha value is -2.92. The number of rotatable bonds is 6. The lowest BCUT2D eigenvalue weighted by Crippen LogP contribution is -2.32. The number of hydrogen-bond acceptors (Lipinski definition) is 4. The molecule has 4 rings (SSSR count). The van der Waals surface area contributed by atoms with Crippen LogP contribution >= 0.6 is 0 Å². The Morgan fingerprint density at radius 2 is 1.93 bits per heavy atom. The summed E-state index contributed by atoms with van der Waals surface area (Å²) < 4.78 is 5.34. The number of fused-ring (bicyclic) bond motifs is 1. The molecule has 2 aromatic carbocycles. The Kier molecular flexibility index (Phi) is 5.24. The third kappa shape index (κ3) is 3.70. The van der Waals surface area contributed by atoms with Gasteiger partial charge in [0.15, 0.2) is 0 Å². The molecule has 2 aromatic rings. The molecule has 2 fully saturated rings. The SMILES string of the molecule is C=C1CC2COC(=O)C2(Cc2ccc(C(=O)NC(CO)c3ccccc3)cc2)C1. The minimum Gasteiger partial charge on any atom is -0.465 e. The third-order valence-electron chi connectivity index (χ3n) is 6.13. The predicted molar refractivity (Wildman–Crippen MR) is 109 cm³/mol. The quantitative estimate of drug-likeness (QED) is 0.586. The minimum atomic E-state index is -0.504. The number of allylic oxidation sites excluding steroid dienone is 1. The van der Waals surface area contributed by atoms with Crippen molar-refractivity contribution < 1.29 is 19.4 Å². The highest BCUT2D eigenvalue weighted by molar-refractivity contribution is 5.94. The number of carbonyl (C=O) groups excluding carboxylic acids is 2. The first kappa shape index (κ1) is 19.4. The molecule has 0 spiro atoms. The first-order valence-electron chi connectivity index (χ1n) is 9.91. The van der Waals surface area contributed by atoms with E-state index in [0.717, 1.165) is 23.1 Å². The Balaban J connectivity index is 1.46. The lowest BCUT2D eigenvalue weighted by atomic mass is 9.75. The summed E-state index contributed by atoms with van der Waals surface area (Å²) in [6.45, 7) is 4.37. The molecule has 3 unspecified atom stereocenters. The number of benzene rings is 2. The molecule has 2 aliphatic rings. The van der Waals surface area contributed by atoms with Crippen LogP contribution in [0, 0.1) is 11.3 Å². The highest BCUT2D eigenvalue weighted by atomic mass is 16.5. The van der Waals surface area contributed by atoms with Crippen LogP contribution in [0.4, 0.5) is 0 Å². The summed E-state index contributed by atoms with van der Waals surface area (Å²) in [6.07, 6.45) is 2.11. The monoisotopic (exact) mass is 391 g/mol. The van der Waals surface area contributed by atoms with E-state index in [9.17, 15) is 14.7 Å². The molecule has 1 amide bonds. The van der Waals surface area contributed by atoms with E-state index < -0.39 is 11.5 Å². The molecule has 5 nitrogen and oxygen atoms in total. The van der Waals surface area contributed by atoms with Crippen molar-refractivity contribution in [1.82, 2.24) is 5.32 Å². The maximum atomic E-state index is 12.6. The van der Waals surface area contributed by atoms with E-state index >= 15 is 0 Å². The lowest BCUT2D eigenvalue weighted by Gasteiger charge is -2.24. The van der Waals surface area contributed by atoms with Gasteiger partial charge in [-0.05, 0) is 42.5 Å². The molecule has 3 atom stereocenters. The predicted octanol–water partition coefficient (Wildman–Crippen LogP) is 3.20. The van der Waals surface area contributed by atoms with Crippen molar-refractivity contribution in [2.24, 2.45) is 11.3 Å². The molecule has 1 aliphatic heterocycles. The molecule has 1 saturated heterocycles. The van der Waals surface area contributed by atoms with Crippen molar-refractivity contribution in [3.05, 3.63) is 83.4 Å². The molecule has 0 aromatic heterocycles. The van der Waals surface area contributed by atoms with Gasteiger partial charge in [0.1, 0.15) is 0 Å². The van der Waals surface area contributed by atoms with E-state index in [-0.39, 0.29) is 24.4 Å². The van der Waals surface area contributed by atoms with Crippen LogP contribution in [0.2, 0.25) is 0 Å². The summed E-state index contributed by atoms with van der Waals surface area (Å²) in [5, 5.41) is 12.5. The van der Waals surface area contributed by atoms with E-state index in [2.05, 4.69) is 11.9 Å². The summed E-state index contributed by atoms with van der Waals surface area (Å²) >= 11 is 0. The molecule has 0 radical (unpaired) electrons. The topological polar surface area (TPSA) is 75.6 Å². The first-order chi connectivity index (χ1) is 14.0. The number of carbonyl (C=O) groups is 2. The molecule has 5 heteroatoms. The fourth-order valence-electron chi connectivity index (χ4n) is 4.56. The number of ether oxygens (including phenoxy) is 1. The maximum absolute atomic E-state index is 12.6. The van der Waals surface area contributed by atoms with Crippen LogP contribution in [0.15, 0.2) is 66.7 Å². The molecule has 1 heterocycles. The van der Waals surface area contributed by atoms with E-state index in [1.54, 1.807) is 12.1 Å². The Morgan fingerprint density at radius 3 is 2.62 bits per heavy atom. The molecule has 150 valence electrons. The average Bonchev–Trinajstić information content (AvgIpc) is 3.21. The normalized spacial score (nSPS) is 24.1. The number of cyclic esters (lactones) is 1. The number of esters is 1. The molecule has 1 aliphatic carbocycles. The summed E-state index contributed by atoms with van der Waals surface area (Å²) in [5.41, 5.74) is 2.98. The van der Waals surface area contributed by atoms with Crippen LogP contribution in [-0.2, 0) is 16.0 Å². The van der Waals surface area contributed by atoms with Gasteiger partial charge in [-0.2, -0.15) is 0 Å².